The zero-order valence-corrected chi connectivity index (χ0v) is 12.5. The van der Waals surface area contributed by atoms with Crippen molar-refractivity contribution in [3.8, 4) is 0 Å². The average Bonchev–Trinajstić information content (AvgIpc) is 2.26. The largest absolute Gasteiger partial charge is 0.343 e. The van der Waals surface area contributed by atoms with Crippen molar-refractivity contribution in [1.29, 1.82) is 0 Å². The predicted octanol–water partition coefficient (Wildman–Crippen LogP) is 1.88. The van der Waals surface area contributed by atoms with Gasteiger partial charge in [0.2, 0.25) is 11.8 Å². The van der Waals surface area contributed by atoms with Gasteiger partial charge in [0.05, 0.1) is 0 Å². The zero-order chi connectivity index (χ0) is 11.2. The summed E-state index contributed by atoms with van der Waals surface area (Å²) in [5.41, 5.74) is -0.725. The van der Waals surface area contributed by atoms with Crippen LogP contribution in [0.3, 0.4) is 0 Å². The quantitative estimate of drug-likeness (QED) is 0.622. The molecule has 1 saturated heterocycles. The Hall–Kier alpha value is 0.244. The molecule has 3 nitrogen and oxygen atoms in total. The van der Waals surface area contributed by atoms with Gasteiger partial charge in [-0.05, 0) is 0 Å². The van der Waals surface area contributed by atoms with Gasteiger partial charge >= 0.3 is 0 Å². The smallest absolute Gasteiger partial charge is 0.224 e. The molecule has 1 radical (unpaired) electrons. The minimum atomic E-state index is -0.725. The average molecular weight is 286 g/mol. The van der Waals surface area contributed by atoms with E-state index in [1.165, 1.54) is 12.8 Å². The molecular formula is C11H19NO2Y-2. The summed E-state index contributed by atoms with van der Waals surface area (Å²) >= 11 is 0. The minimum absolute atomic E-state index is 0. The molecule has 15 heavy (non-hydrogen) atoms. The Balaban J connectivity index is 0. The maximum absolute atomic E-state index is 10.7. The summed E-state index contributed by atoms with van der Waals surface area (Å²) in [5.74, 6) is -0.495. The topological polar surface area (TPSA) is 46.2 Å². The molecule has 0 saturated carbocycles. The second-order valence-electron chi connectivity index (χ2n) is 3.82. The van der Waals surface area contributed by atoms with E-state index in [2.05, 4.69) is 26.1 Å². The molecule has 1 unspecified atom stereocenters. The zero-order valence-electron chi connectivity index (χ0n) is 9.64. The fourth-order valence-electron chi connectivity index (χ4n) is 1.01. The molecule has 1 rings (SSSR count). The Morgan fingerprint density at radius 2 is 2.00 bits per heavy atom. The van der Waals surface area contributed by atoms with Gasteiger partial charge in [-0.2, -0.15) is 6.42 Å². The van der Waals surface area contributed by atoms with E-state index in [4.69, 9.17) is 0 Å². The first-order chi connectivity index (χ1) is 6.44. The molecule has 0 aromatic carbocycles. The van der Waals surface area contributed by atoms with Gasteiger partial charge in [-0.25, -0.2) is 0 Å². The molecule has 85 valence electrons. The van der Waals surface area contributed by atoms with E-state index < -0.39 is 5.41 Å². The van der Waals surface area contributed by atoms with Crippen molar-refractivity contribution in [2.45, 2.75) is 39.5 Å². The summed E-state index contributed by atoms with van der Waals surface area (Å²) in [7, 11) is 0. The third kappa shape index (κ3) is 7.18. The Kier molecular flexibility index (Phi) is 9.88. The van der Waals surface area contributed by atoms with Gasteiger partial charge in [-0.1, -0.05) is 32.1 Å². The molecule has 4 heteroatoms. The Bertz CT molecular complexity index is 213. The van der Waals surface area contributed by atoms with Gasteiger partial charge in [0.1, 0.15) is 0 Å². The number of imide groups is 1. The summed E-state index contributed by atoms with van der Waals surface area (Å²) in [6.45, 7) is 11.1. The number of nitrogens with one attached hydrogen (secondary N) is 1. The Morgan fingerprint density at radius 3 is 2.07 bits per heavy atom. The summed E-state index contributed by atoms with van der Waals surface area (Å²) in [5, 5.41) is 2.17. The van der Waals surface area contributed by atoms with Crippen molar-refractivity contribution in [3.05, 3.63) is 13.8 Å². The summed E-state index contributed by atoms with van der Waals surface area (Å²) in [6.07, 6.45) is 3.87. The molecule has 0 aromatic heterocycles. The maximum Gasteiger partial charge on any atom is 0.224 e. The predicted molar refractivity (Wildman–Crippen MR) is 56.1 cm³/mol. The van der Waals surface area contributed by atoms with Crippen molar-refractivity contribution in [1.82, 2.24) is 5.32 Å². The SMILES string of the molecule is [CH2-]C1(C)CC(=O)NC1=O.[CH2-]CCCC.[Y]. The normalized spacial score (nSPS) is 23.7. The Morgan fingerprint density at radius 1 is 1.47 bits per heavy atom. The second kappa shape index (κ2) is 8.40. The van der Waals surface area contributed by atoms with Gasteiger partial charge in [0, 0.05) is 39.1 Å². The first kappa shape index (κ1) is 17.6. The third-order valence-corrected chi connectivity index (χ3v) is 1.96. The van der Waals surface area contributed by atoms with Crippen molar-refractivity contribution < 1.29 is 42.3 Å². The molecule has 1 heterocycles. The van der Waals surface area contributed by atoms with Gasteiger partial charge in [0.25, 0.3) is 0 Å². The summed E-state index contributed by atoms with van der Waals surface area (Å²) < 4.78 is 0. The number of rotatable bonds is 2. The van der Waals surface area contributed by atoms with Crippen molar-refractivity contribution >= 4 is 11.8 Å². The van der Waals surface area contributed by atoms with E-state index in [9.17, 15) is 9.59 Å². The molecule has 1 N–H and O–H groups in total. The molecule has 1 atom stereocenters. The fourth-order valence-corrected chi connectivity index (χ4v) is 1.01. The van der Waals surface area contributed by atoms with Crippen LogP contribution in [-0.4, -0.2) is 11.8 Å². The monoisotopic (exact) mass is 286 g/mol. The molecule has 0 aliphatic carbocycles. The number of carbonyl (C=O) groups is 2. The molecule has 0 bridgehead atoms. The van der Waals surface area contributed by atoms with E-state index in [-0.39, 0.29) is 50.9 Å². The van der Waals surface area contributed by atoms with E-state index in [1.807, 2.05) is 0 Å². The van der Waals surface area contributed by atoms with Crippen LogP contribution in [0.4, 0.5) is 0 Å². The first-order valence-electron chi connectivity index (χ1n) is 4.93. The van der Waals surface area contributed by atoms with Gasteiger partial charge in [-0.3, -0.25) is 14.9 Å². The molecular weight excluding hydrogens is 267 g/mol. The van der Waals surface area contributed by atoms with Crippen molar-refractivity contribution in [2.24, 2.45) is 5.41 Å². The molecule has 1 aliphatic rings. The van der Waals surface area contributed by atoms with Crippen molar-refractivity contribution in [2.75, 3.05) is 0 Å². The first-order valence-corrected chi connectivity index (χ1v) is 4.93. The van der Waals surface area contributed by atoms with Crippen LogP contribution < -0.4 is 5.32 Å². The second-order valence-corrected chi connectivity index (χ2v) is 3.82. The van der Waals surface area contributed by atoms with Crippen LogP contribution in [0, 0.1) is 19.3 Å². The number of amides is 2. The number of carbonyl (C=O) groups excluding carboxylic acids is 2. The van der Waals surface area contributed by atoms with Crippen LogP contribution >= 0.6 is 0 Å². The van der Waals surface area contributed by atoms with Crippen LogP contribution in [0.25, 0.3) is 0 Å². The minimum Gasteiger partial charge on any atom is -0.343 e. The summed E-state index contributed by atoms with van der Waals surface area (Å²) in [4.78, 5) is 21.2. The van der Waals surface area contributed by atoms with Gasteiger partial charge in [0.15, 0.2) is 0 Å². The maximum atomic E-state index is 10.7. The van der Waals surface area contributed by atoms with Gasteiger partial charge in [-0.15, -0.1) is 0 Å². The van der Waals surface area contributed by atoms with E-state index in [0.29, 0.717) is 0 Å². The molecule has 2 amide bonds. The van der Waals surface area contributed by atoms with Crippen LogP contribution in [0.5, 0.6) is 0 Å². The number of hydrogen-bond donors (Lipinski definition) is 1. The molecule has 1 aliphatic heterocycles. The fraction of sp³-hybridized carbons (Fsp3) is 0.636. The number of unbranched alkanes of at least 4 members (excludes halogenated alkanes) is 2. The van der Waals surface area contributed by atoms with E-state index in [1.54, 1.807) is 6.92 Å². The van der Waals surface area contributed by atoms with Crippen molar-refractivity contribution in [3.63, 3.8) is 0 Å². The number of hydrogen-bond acceptors (Lipinski definition) is 2. The van der Waals surface area contributed by atoms with Crippen LogP contribution in [0.15, 0.2) is 0 Å². The van der Waals surface area contributed by atoms with Crippen LogP contribution in [0.1, 0.15) is 39.5 Å². The third-order valence-electron chi connectivity index (χ3n) is 1.96. The van der Waals surface area contributed by atoms with Gasteiger partial charge < -0.3 is 13.8 Å². The van der Waals surface area contributed by atoms with Crippen LogP contribution in [0.2, 0.25) is 0 Å². The van der Waals surface area contributed by atoms with E-state index in [0.717, 1.165) is 6.42 Å². The molecule has 0 aromatic rings. The van der Waals surface area contributed by atoms with E-state index >= 15 is 0 Å². The molecule has 1 fully saturated rings. The summed E-state index contributed by atoms with van der Waals surface area (Å²) in [6, 6.07) is 0. The van der Waals surface area contributed by atoms with Crippen LogP contribution in [-0.2, 0) is 42.3 Å². The molecule has 0 spiro atoms. The Labute approximate surface area is 118 Å². The standard InChI is InChI=1S/C6H8NO2.C5H11.Y/c1-6(2)3-4(8)7-5(6)9;1-3-5-4-2;/h1,3H2,2H3,(H,7,8,9);1,3-5H2,2H3;/q2*-1;.